The Morgan fingerprint density at radius 3 is 2.90 bits per heavy atom. The highest BCUT2D eigenvalue weighted by Crippen LogP contribution is 2.40. The zero-order valence-electron chi connectivity index (χ0n) is 11.3. The van der Waals surface area contributed by atoms with Gasteiger partial charge < -0.3 is 14.8 Å². The molecule has 0 saturated heterocycles. The summed E-state index contributed by atoms with van der Waals surface area (Å²) in [4.78, 5) is 8.85. The van der Waals surface area contributed by atoms with Gasteiger partial charge in [0.15, 0.2) is 17.3 Å². The molecule has 1 aromatic heterocycles. The maximum atomic E-state index is 6.30. The summed E-state index contributed by atoms with van der Waals surface area (Å²) in [5.74, 6) is 2.61. The molecule has 5 nitrogen and oxygen atoms in total. The van der Waals surface area contributed by atoms with Crippen molar-refractivity contribution in [3.05, 3.63) is 26.9 Å². The van der Waals surface area contributed by atoms with Crippen molar-refractivity contribution in [2.24, 2.45) is 0 Å². The highest BCUT2D eigenvalue weighted by atomic mass is 127. The van der Waals surface area contributed by atoms with Crippen LogP contribution in [0.3, 0.4) is 0 Å². The van der Waals surface area contributed by atoms with E-state index >= 15 is 0 Å². The number of aromatic nitrogens is 2. The largest absolute Gasteiger partial charge is 0.489 e. The van der Waals surface area contributed by atoms with Gasteiger partial charge in [-0.1, -0.05) is 11.6 Å². The summed E-state index contributed by atoms with van der Waals surface area (Å²) in [6.45, 7) is 1.22. The van der Waals surface area contributed by atoms with E-state index < -0.39 is 0 Å². The van der Waals surface area contributed by atoms with Gasteiger partial charge in [-0.25, -0.2) is 9.97 Å². The molecular formula is C14H13ClIN3O2. The van der Waals surface area contributed by atoms with Crippen LogP contribution in [0.25, 0.3) is 11.4 Å². The van der Waals surface area contributed by atoms with E-state index in [-0.39, 0.29) is 0 Å². The molecule has 0 bridgehead atoms. The Kier molecular flexibility index (Phi) is 4.34. The minimum atomic E-state index is 0.512. The normalized spacial score (nSPS) is 13.7. The molecule has 0 amide bonds. The molecular weight excluding hydrogens is 405 g/mol. The second kappa shape index (κ2) is 6.23. The van der Waals surface area contributed by atoms with E-state index in [9.17, 15) is 0 Å². The Hall–Kier alpha value is -1.28. The summed E-state index contributed by atoms with van der Waals surface area (Å²) < 4.78 is 12.3. The highest BCUT2D eigenvalue weighted by molar-refractivity contribution is 14.1. The molecule has 1 aliphatic heterocycles. The summed E-state index contributed by atoms with van der Waals surface area (Å²) in [6.07, 6.45) is 2.61. The van der Waals surface area contributed by atoms with Crippen molar-refractivity contribution in [1.29, 1.82) is 0 Å². The Morgan fingerprint density at radius 2 is 2.10 bits per heavy atom. The van der Waals surface area contributed by atoms with Crippen molar-refractivity contribution in [1.82, 2.24) is 9.97 Å². The third kappa shape index (κ3) is 3.01. The number of nitrogens with zero attached hydrogens (tertiary/aromatic N) is 2. The number of nitrogens with one attached hydrogen (secondary N) is 1. The number of rotatable bonds is 2. The standard InChI is InChI=1S/C14H13ClIN3O2/c1-17-14-10(16)7-18-13(19-14)8-5-9(15)12-11(6-8)20-3-2-4-21-12/h5-7H,2-4H2,1H3,(H,17,18,19). The molecule has 2 heterocycles. The second-order valence-electron chi connectivity index (χ2n) is 4.48. The lowest BCUT2D eigenvalue weighted by Gasteiger charge is -2.11. The average Bonchev–Trinajstić information content (AvgIpc) is 2.73. The predicted octanol–water partition coefficient (Wildman–Crippen LogP) is 3.60. The molecule has 0 saturated carbocycles. The second-order valence-corrected chi connectivity index (χ2v) is 6.05. The van der Waals surface area contributed by atoms with Gasteiger partial charge in [-0.3, -0.25) is 0 Å². The molecule has 21 heavy (non-hydrogen) atoms. The third-order valence-corrected chi connectivity index (χ3v) is 4.11. The van der Waals surface area contributed by atoms with Crippen molar-refractivity contribution >= 4 is 40.0 Å². The minimum absolute atomic E-state index is 0.512. The SMILES string of the molecule is CNc1nc(-c2cc(Cl)c3c(c2)OCCCO3)ncc1I. The Bertz CT molecular complexity index is 682. The van der Waals surface area contributed by atoms with E-state index in [1.165, 1.54) is 0 Å². The Morgan fingerprint density at radius 1 is 1.29 bits per heavy atom. The van der Waals surface area contributed by atoms with Gasteiger partial charge in [-0.05, 0) is 34.7 Å². The highest BCUT2D eigenvalue weighted by Gasteiger charge is 2.17. The zero-order valence-corrected chi connectivity index (χ0v) is 14.2. The maximum Gasteiger partial charge on any atom is 0.179 e. The lowest BCUT2D eigenvalue weighted by molar-refractivity contribution is 0.297. The van der Waals surface area contributed by atoms with Crippen LogP contribution in [-0.4, -0.2) is 30.2 Å². The number of hydrogen-bond acceptors (Lipinski definition) is 5. The summed E-state index contributed by atoms with van der Waals surface area (Å²) in [5.41, 5.74) is 0.803. The van der Waals surface area contributed by atoms with Crippen LogP contribution in [-0.2, 0) is 0 Å². The van der Waals surface area contributed by atoms with Gasteiger partial charge in [0.25, 0.3) is 0 Å². The van der Waals surface area contributed by atoms with E-state index in [0.717, 1.165) is 21.4 Å². The van der Waals surface area contributed by atoms with Crippen molar-refractivity contribution in [3.63, 3.8) is 0 Å². The lowest BCUT2D eigenvalue weighted by atomic mass is 10.2. The lowest BCUT2D eigenvalue weighted by Crippen LogP contribution is -2.00. The van der Waals surface area contributed by atoms with Gasteiger partial charge in [-0.15, -0.1) is 0 Å². The molecule has 0 radical (unpaired) electrons. The fourth-order valence-electron chi connectivity index (χ4n) is 2.04. The van der Waals surface area contributed by atoms with Crippen LogP contribution in [0.4, 0.5) is 5.82 Å². The first-order valence-electron chi connectivity index (χ1n) is 6.49. The molecule has 7 heteroatoms. The van der Waals surface area contributed by atoms with Crippen LogP contribution >= 0.6 is 34.2 Å². The number of anilines is 1. The molecule has 0 atom stereocenters. The number of fused-ring (bicyclic) bond motifs is 1. The fourth-order valence-corrected chi connectivity index (χ4v) is 2.84. The molecule has 0 fully saturated rings. The van der Waals surface area contributed by atoms with E-state index in [0.29, 0.717) is 35.6 Å². The molecule has 1 N–H and O–H groups in total. The molecule has 0 aliphatic carbocycles. The first-order chi connectivity index (χ1) is 10.2. The van der Waals surface area contributed by atoms with Crippen LogP contribution in [0, 0.1) is 3.57 Å². The summed E-state index contributed by atoms with van der Waals surface area (Å²) in [5, 5.41) is 3.56. The van der Waals surface area contributed by atoms with Gasteiger partial charge in [0.2, 0.25) is 0 Å². The van der Waals surface area contributed by atoms with Crippen LogP contribution in [0.5, 0.6) is 11.5 Å². The van der Waals surface area contributed by atoms with E-state index in [1.807, 2.05) is 13.1 Å². The Balaban J connectivity index is 2.07. The quantitative estimate of drug-likeness (QED) is 0.757. The third-order valence-electron chi connectivity index (χ3n) is 3.04. The van der Waals surface area contributed by atoms with Gasteiger partial charge >= 0.3 is 0 Å². The monoisotopic (exact) mass is 417 g/mol. The minimum Gasteiger partial charge on any atom is -0.489 e. The topological polar surface area (TPSA) is 56.3 Å². The summed E-state index contributed by atoms with van der Waals surface area (Å²) in [6, 6.07) is 3.67. The maximum absolute atomic E-state index is 6.30. The van der Waals surface area contributed by atoms with Gasteiger partial charge in [0.05, 0.1) is 21.8 Å². The van der Waals surface area contributed by atoms with Crippen molar-refractivity contribution in [2.75, 3.05) is 25.6 Å². The van der Waals surface area contributed by atoms with E-state index in [4.69, 9.17) is 21.1 Å². The van der Waals surface area contributed by atoms with Gasteiger partial charge in [0.1, 0.15) is 5.82 Å². The first kappa shape index (κ1) is 14.6. The number of ether oxygens (including phenoxy) is 2. The van der Waals surface area contributed by atoms with Crippen LogP contribution < -0.4 is 14.8 Å². The van der Waals surface area contributed by atoms with Gasteiger partial charge in [0, 0.05) is 25.2 Å². The molecule has 110 valence electrons. The smallest absolute Gasteiger partial charge is 0.179 e. The summed E-state index contributed by atoms with van der Waals surface area (Å²) in [7, 11) is 1.83. The van der Waals surface area contributed by atoms with E-state index in [2.05, 4.69) is 37.9 Å². The summed E-state index contributed by atoms with van der Waals surface area (Å²) >= 11 is 8.48. The predicted molar refractivity (Wildman–Crippen MR) is 90.3 cm³/mol. The number of halogens is 2. The van der Waals surface area contributed by atoms with E-state index in [1.54, 1.807) is 12.3 Å². The molecule has 3 rings (SSSR count). The molecule has 0 spiro atoms. The van der Waals surface area contributed by atoms with Crippen LogP contribution in [0.2, 0.25) is 5.02 Å². The number of hydrogen-bond donors (Lipinski definition) is 1. The molecule has 1 aromatic carbocycles. The van der Waals surface area contributed by atoms with Crippen molar-refractivity contribution in [2.45, 2.75) is 6.42 Å². The Labute approximate surface area is 141 Å². The first-order valence-corrected chi connectivity index (χ1v) is 7.94. The van der Waals surface area contributed by atoms with Crippen LogP contribution in [0.1, 0.15) is 6.42 Å². The molecule has 2 aromatic rings. The van der Waals surface area contributed by atoms with Crippen molar-refractivity contribution in [3.8, 4) is 22.9 Å². The average molecular weight is 418 g/mol. The zero-order chi connectivity index (χ0) is 14.8. The van der Waals surface area contributed by atoms with Gasteiger partial charge in [-0.2, -0.15) is 0 Å². The van der Waals surface area contributed by atoms with Crippen molar-refractivity contribution < 1.29 is 9.47 Å². The molecule has 1 aliphatic rings. The van der Waals surface area contributed by atoms with Crippen LogP contribution in [0.15, 0.2) is 18.3 Å². The fraction of sp³-hybridized carbons (Fsp3) is 0.286. The molecule has 0 unspecified atom stereocenters. The number of benzene rings is 1.